The average molecular weight is 216 g/mol. The SMILES string of the molecule is O=C(O)c1c(C(F)F)ccc2c1OCO2. The Labute approximate surface area is 83.0 Å². The zero-order valence-electron chi connectivity index (χ0n) is 7.37. The Kier molecular flexibility index (Phi) is 2.18. The van der Waals surface area contributed by atoms with Crippen molar-refractivity contribution in [2.75, 3.05) is 6.79 Å². The molecular weight excluding hydrogens is 210 g/mol. The van der Waals surface area contributed by atoms with Crippen molar-refractivity contribution in [1.29, 1.82) is 0 Å². The molecule has 1 N–H and O–H groups in total. The van der Waals surface area contributed by atoms with Gasteiger partial charge in [0.2, 0.25) is 6.79 Å². The van der Waals surface area contributed by atoms with Gasteiger partial charge in [0, 0.05) is 5.56 Å². The first-order chi connectivity index (χ1) is 7.11. The van der Waals surface area contributed by atoms with Crippen LogP contribution in [0.2, 0.25) is 0 Å². The summed E-state index contributed by atoms with van der Waals surface area (Å²) in [4.78, 5) is 10.8. The van der Waals surface area contributed by atoms with Crippen molar-refractivity contribution in [1.82, 2.24) is 0 Å². The van der Waals surface area contributed by atoms with Crippen molar-refractivity contribution in [3.8, 4) is 11.5 Å². The number of hydrogen-bond donors (Lipinski definition) is 1. The summed E-state index contributed by atoms with van der Waals surface area (Å²) in [6.45, 7) is -0.150. The minimum absolute atomic E-state index is 0.125. The van der Waals surface area contributed by atoms with Gasteiger partial charge in [-0.3, -0.25) is 0 Å². The monoisotopic (exact) mass is 216 g/mol. The van der Waals surface area contributed by atoms with Crippen LogP contribution in [0.25, 0.3) is 0 Å². The number of carbonyl (C=O) groups is 1. The van der Waals surface area contributed by atoms with Crippen LogP contribution < -0.4 is 9.47 Å². The largest absolute Gasteiger partial charge is 0.478 e. The molecule has 1 aliphatic heterocycles. The van der Waals surface area contributed by atoms with Crippen molar-refractivity contribution in [3.63, 3.8) is 0 Å². The molecule has 15 heavy (non-hydrogen) atoms. The number of ether oxygens (including phenoxy) is 2. The van der Waals surface area contributed by atoms with Crippen LogP contribution in [0, 0.1) is 0 Å². The third-order valence-corrected chi connectivity index (χ3v) is 2.02. The first kappa shape index (κ1) is 9.70. The normalized spacial score (nSPS) is 13.3. The topological polar surface area (TPSA) is 55.8 Å². The fourth-order valence-electron chi connectivity index (χ4n) is 1.39. The highest BCUT2D eigenvalue weighted by atomic mass is 19.3. The summed E-state index contributed by atoms with van der Waals surface area (Å²) in [5.41, 5.74) is -1.09. The van der Waals surface area contributed by atoms with Gasteiger partial charge in [-0.25, -0.2) is 13.6 Å². The number of fused-ring (bicyclic) bond motifs is 1. The van der Waals surface area contributed by atoms with E-state index in [1.54, 1.807) is 0 Å². The summed E-state index contributed by atoms with van der Waals surface area (Å²) in [7, 11) is 0. The van der Waals surface area contributed by atoms with Crippen LogP contribution in [0.15, 0.2) is 12.1 Å². The van der Waals surface area contributed by atoms with E-state index in [0.717, 1.165) is 6.07 Å². The number of alkyl halides is 2. The first-order valence-electron chi connectivity index (χ1n) is 4.05. The Morgan fingerprint density at radius 1 is 1.40 bits per heavy atom. The van der Waals surface area contributed by atoms with Crippen LogP contribution in [0.5, 0.6) is 11.5 Å². The third kappa shape index (κ3) is 1.47. The molecule has 0 aliphatic carbocycles. The van der Waals surface area contributed by atoms with Crippen LogP contribution in [-0.4, -0.2) is 17.9 Å². The summed E-state index contributed by atoms with van der Waals surface area (Å²) in [6, 6.07) is 2.30. The van der Waals surface area contributed by atoms with Crippen molar-refractivity contribution < 1.29 is 28.2 Å². The summed E-state index contributed by atoms with van der Waals surface area (Å²) in [6.07, 6.45) is -2.86. The second-order valence-corrected chi connectivity index (χ2v) is 2.87. The highest BCUT2D eigenvalue weighted by Crippen LogP contribution is 2.40. The smallest absolute Gasteiger partial charge is 0.340 e. The van der Waals surface area contributed by atoms with Crippen molar-refractivity contribution in [2.45, 2.75) is 6.43 Å². The Morgan fingerprint density at radius 2 is 2.13 bits per heavy atom. The van der Waals surface area contributed by atoms with Gasteiger partial charge in [0.25, 0.3) is 6.43 Å². The summed E-state index contributed by atoms with van der Waals surface area (Å²) in [5.74, 6) is -1.40. The predicted octanol–water partition coefficient (Wildman–Crippen LogP) is 2.05. The van der Waals surface area contributed by atoms with E-state index in [1.165, 1.54) is 6.07 Å². The summed E-state index contributed by atoms with van der Waals surface area (Å²) >= 11 is 0. The molecule has 0 spiro atoms. The third-order valence-electron chi connectivity index (χ3n) is 2.02. The fourth-order valence-corrected chi connectivity index (χ4v) is 1.39. The average Bonchev–Trinajstić information content (AvgIpc) is 2.62. The maximum absolute atomic E-state index is 12.5. The molecular formula is C9H6F2O4. The van der Waals surface area contributed by atoms with Crippen LogP contribution in [-0.2, 0) is 0 Å². The molecule has 0 saturated carbocycles. The number of carboxylic acid groups (broad SMARTS) is 1. The number of rotatable bonds is 2. The van der Waals surface area contributed by atoms with E-state index in [0.29, 0.717) is 0 Å². The second kappa shape index (κ2) is 3.38. The van der Waals surface area contributed by atoms with Crippen LogP contribution in [0.4, 0.5) is 8.78 Å². The van der Waals surface area contributed by atoms with Crippen LogP contribution in [0.1, 0.15) is 22.3 Å². The zero-order chi connectivity index (χ0) is 11.0. The van der Waals surface area contributed by atoms with Crippen LogP contribution >= 0.6 is 0 Å². The molecule has 0 aromatic heterocycles. The molecule has 0 unspecified atom stereocenters. The van der Waals surface area contributed by atoms with Gasteiger partial charge < -0.3 is 14.6 Å². The van der Waals surface area contributed by atoms with Gasteiger partial charge in [0.1, 0.15) is 5.56 Å². The quantitative estimate of drug-likeness (QED) is 0.821. The van der Waals surface area contributed by atoms with E-state index >= 15 is 0 Å². The van der Waals surface area contributed by atoms with Gasteiger partial charge in [-0.2, -0.15) is 0 Å². The Balaban J connectivity index is 2.63. The van der Waals surface area contributed by atoms with Crippen molar-refractivity contribution in [3.05, 3.63) is 23.3 Å². The number of halogens is 2. The molecule has 4 nitrogen and oxygen atoms in total. The second-order valence-electron chi connectivity index (χ2n) is 2.87. The highest BCUT2D eigenvalue weighted by Gasteiger charge is 2.28. The van der Waals surface area contributed by atoms with E-state index in [1.807, 2.05) is 0 Å². The summed E-state index contributed by atoms with van der Waals surface area (Å²) in [5, 5.41) is 8.81. The lowest BCUT2D eigenvalue weighted by molar-refractivity contribution is 0.0679. The Hall–Kier alpha value is -1.85. The number of carboxylic acids is 1. The van der Waals surface area contributed by atoms with E-state index < -0.39 is 23.5 Å². The molecule has 0 saturated heterocycles. The minimum atomic E-state index is -2.86. The molecule has 1 aromatic rings. The van der Waals surface area contributed by atoms with Gasteiger partial charge in [-0.1, -0.05) is 0 Å². The number of aromatic carboxylic acids is 1. The lowest BCUT2D eigenvalue weighted by Crippen LogP contribution is -2.05. The predicted molar refractivity (Wildman–Crippen MR) is 44.5 cm³/mol. The zero-order valence-corrected chi connectivity index (χ0v) is 7.37. The van der Waals surface area contributed by atoms with E-state index in [9.17, 15) is 13.6 Å². The van der Waals surface area contributed by atoms with Crippen LogP contribution in [0.3, 0.4) is 0 Å². The van der Waals surface area contributed by atoms with E-state index in [4.69, 9.17) is 14.6 Å². The van der Waals surface area contributed by atoms with E-state index in [2.05, 4.69) is 0 Å². The van der Waals surface area contributed by atoms with Gasteiger partial charge >= 0.3 is 5.97 Å². The molecule has 0 radical (unpaired) electrons. The number of hydrogen-bond acceptors (Lipinski definition) is 3. The molecule has 2 rings (SSSR count). The maximum atomic E-state index is 12.5. The first-order valence-corrected chi connectivity index (χ1v) is 4.05. The lowest BCUT2D eigenvalue weighted by atomic mass is 10.1. The van der Waals surface area contributed by atoms with Crippen molar-refractivity contribution >= 4 is 5.97 Å². The van der Waals surface area contributed by atoms with Gasteiger partial charge in [0.15, 0.2) is 11.5 Å². The molecule has 80 valence electrons. The maximum Gasteiger partial charge on any atom is 0.340 e. The molecule has 0 bridgehead atoms. The fraction of sp³-hybridized carbons (Fsp3) is 0.222. The molecule has 1 aromatic carbocycles. The standard InChI is InChI=1S/C9H6F2O4/c10-8(11)4-1-2-5-7(15-3-14-5)6(4)9(12)13/h1-2,8H,3H2,(H,12,13). The van der Waals surface area contributed by atoms with E-state index in [-0.39, 0.29) is 18.3 Å². The molecule has 0 atom stereocenters. The van der Waals surface area contributed by atoms with Gasteiger partial charge in [-0.15, -0.1) is 0 Å². The van der Waals surface area contributed by atoms with Gasteiger partial charge in [0.05, 0.1) is 0 Å². The number of benzene rings is 1. The molecule has 6 heteroatoms. The Bertz CT molecular complexity index is 417. The molecule has 0 fully saturated rings. The molecule has 0 amide bonds. The molecule has 1 heterocycles. The lowest BCUT2D eigenvalue weighted by Gasteiger charge is -2.07. The highest BCUT2D eigenvalue weighted by molar-refractivity contribution is 5.94. The Morgan fingerprint density at radius 3 is 2.73 bits per heavy atom. The van der Waals surface area contributed by atoms with Crippen molar-refractivity contribution in [2.24, 2.45) is 0 Å². The minimum Gasteiger partial charge on any atom is -0.478 e. The summed E-state index contributed by atoms with van der Waals surface area (Å²) < 4.78 is 34.7. The molecule has 1 aliphatic rings. The van der Waals surface area contributed by atoms with Gasteiger partial charge in [-0.05, 0) is 12.1 Å².